The molecule has 0 aromatic heterocycles. The number of carbonyl (C=O) groups is 2. The summed E-state index contributed by atoms with van der Waals surface area (Å²) in [5.74, 6) is -0.256. The Balaban J connectivity index is 2.86. The summed E-state index contributed by atoms with van der Waals surface area (Å²) < 4.78 is 5.61. The predicted octanol–water partition coefficient (Wildman–Crippen LogP) is 3.08. The van der Waals surface area contributed by atoms with Crippen molar-refractivity contribution in [1.82, 2.24) is 0 Å². The van der Waals surface area contributed by atoms with Gasteiger partial charge in [-0.1, -0.05) is 25.5 Å². The highest BCUT2D eigenvalue weighted by Gasteiger charge is 2.14. The maximum atomic E-state index is 12.0. The van der Waals surface area contributed by atoms with Crippen molar-refractivity contribution >= 4 is 11.8 Å². The van der Waals surface area contributed by atoms with Crippen LogP contribution in [0.2, 0.25) is 0 Å². The minimum atomic E-state index is -0.967. The summed E-state index contributed by atoms with van der Waals surface area (Å²) >= 11 is 0. The first-order valence-electron chi connectivity index (χ1n) is 6.38. The maximum absolute atomic E-state index is 12.0. The van der Waals surface area contributed by atoms with Crippen LogP contribution in [0.4, 0.5) is 0 Å². The molecule has 0 amide bonds. The van der Waals surface area contributed by atoms with Gasteiger partial charge in [0.25, 0.3) is 0 Å². The van der Waals surface area contributed by atoms with Crippen LogP contribution in [0.1, 0.15) is 42.6 Å². The maximum Gasteiger partial charge on any atom is 0.303 e. The first kappa shape index (κ1) is 15.2. The van der Waals surface area contributed by atoms with Gasteiger partial charge in [0.15, 0.2) is 5.78 Å². The fourth-order valence-electron chi connectivity index (χ4n) is 1.60. The molecule has 0 saturated heterocycles. The highest BCUT2D eigenvalue weighted by molar-refractivity contribution is 6.00. The van der Waals surface area contributed by atoms with Crippen molar-refractivity contribution in [2.45, 2.75) is 33.6 Å². The molecule has 0 bridgehead atoms. The molecule has 4 heteroatoms. The minimum Gasteiger partial charge on any atom is -0.493 e. The van der Waals surface area contributed by atoms with E-state index in [4.69, 9.17) is 9.84 Å². The Morgan fingerprint density at radius 3 is 2.53 bits per heavy atom. The van der Waals surface area contributed by atoms with Gasteiger partial charge in [0.1, 0.15) is 5.75 Å². The lowest BCUT2D eigenvalue weighted by Crippen LogP contribution is -2.10. The number of ketones is 1. The molecule has 0 unspecified atom stereocenters. The second kappa shape index (κ2) is 6.92. The normalized spacial score (nSPS) is 10.5. The average molecular weight is 264 g/mol. The van der Waals surface area contributed by atoms with E-state index in [9.17, 15) is 9.59 Å². The van der Waals surface area contributed by atoms with Crippen LogP contribution in [0.25, 0.3) is 0 Å². The van der Waals surface area contributed by atoms with E-state index in [2.05, 4.69) is 0 Å². The van der Waals surface area contributed by atoms with Crippen LogP contribution in [0, 0.1) is 12.8 Å². The Kier molecular flexibility index (Phi) is 5.55. The van der Waals surface area contributed by atoms with Crippen LogP contribution in [0.5, 0.6) is 5.75 Å². The smallest absolute Gasteiger partial charge is 0.303 e. The summed E-state index contributed by atoms with van der Waals surface area (Å²) in [6, 6.07) is 5.40. The monoisotopic (exact) mass is 264 g/mol. The van der Waals surface area contributed by atoms with Gasteiger partial charge in [-0.2, -0.15) is 0 Å². The Bertz CT molecular complexity index is 463. The Labute approximate surface area is 113 Å². The van der Waals surface area contributed by atoms with Gasteiger partial charge in [0.05, 0.1) is 18.6 Å². The fraction of sp³-hybridized carbons (Fsp3) is 0.467. The van der Waals surface area contributed by atoms with Crippen LogP contribution in [-0.2, 0) is 4.79 Å². The van der Waals surface area contributed by atoms with Crippen LogP contribution in [0.15, 0.2) is 18.2 Å². The molecule has 0 atom stereocenters. The van der Waals surface area contributed by atoms with Crippen LogP contribution >= 0.6 is 0 Å². The van der Waals surface area contributed by atoms with Crippen molar-refractivity contribution < 1.29 is 19.4 Å². The lowest BCUT2D eigenvalue weighted by Gasteiger charge is -2.13. The summed E-state index contributed by atoms with van der Waals surface area (Å²) in [6.07, 6.45) is -0.160. The first-order chi connectivity index (χ1) is 8.90. The van der Waals surface area contributed by atoms with Crippen molar-refractivity contribution in [3.05, 3.63) is 29.3 Å². The third-order valence-corrected chi connectivity index (χ3v) is 2.57. The third kappa shape index (κ3) is 5.12. The van der Waals surface area contributed by atoms with Gasteiger partial charge in [-0.3, -0.25) is 9.59 Å². The predicted molar refractivity (Wildman–Crippen MR) is 72.7 cm³/mol. The summed E-state index contributed by atoms with van der Waals surface area (Å²) in [5, 5.41) is 8.63. The molecule has 0 heterocycles. The molecular formula is C15H20O4. The van der Waals surface area contributed by atoms with Crippen molar-refractivity contribution in [2.24, 2.45) is 5.92 Å². The molecule has 1 aromatic carbocycles. The zero-order valence-electron chi connectivity index (χ0n) is 11.6. The van der Waals surface area contributed by atoms with E-state index >= 15 is 0 Å². The van der Waals surface area contributed by atoms with E-state index in [-0.39, 0.29) is 18.6 Å². The van der Waals surface area contributed by atoms with Crippen molar-refractivity contribution in [3.63, 3.8) is 0 Å². The molecule has 4 nitrogen and oxygen atoms in total. The number of rotatable bonds is 7. The van der Waals surface area contributed by atoms with Gasteiger partial charge in [-0.15, -0.1) is 0 Å². The number of ether oxygens (including phenoxy) is 1. The number of carboxylic acids is 1. The molecule has 0 fully saturated rings. The molecule has 1 rings (SSSR count). The van der Waals surface area contributed by atoms with Gasteiger partial charge in [0, 0.05) is 6.42 Å². The molecule has 19 heavy (non-hydrogen) atoms. The van der Waals surface area contributed by atoms with Crippen LogP contribution in [0.3, 0.4) is 0 Å². The molecular weight excluding hydrogens is 244 g/mol. The van der Waals surface area contributed by atoms with Gasteiger partial charge in [-0.25, -0.2) is 0 Å². The topological polar surface area (TPSA) is 63.6 Å². The van der Waals surface area contributed by atoms with E-state index in [0.29, 0.717) is 23.8 Å². The van der Waals surface area contributed by atoms with Crippen LogP contribution < -0.4 is 4.74 Å². The van der Waals surface area contributed by atoms with E-state index in [0.717, 1.165) is 5.56 Å². The standard InChI is InChI=1S/C15H20O4/c1-10(2)9-19-14-6-4-11(3)8-12(14)13(16)5-7-15(17)18/h4,6,8,10H,5,7,9H2,1-3H3,(H,17,18). The Morgan fingerprint density at radius 1 is 1.26 bits per heavy atom. The van der Waals surface area contributed by atoms with E-state index in [1.54, 1.807) is 12.1 Å². The highest BCUT2D eigenvalue weighted by Crippen LogP contribution is 2.22. The SMILES string of the molecule is Cc1ccc(OCC(C)C)c(C(=O)CCC(=O)O)c1. The second-order valence-electron chi connectivity index (χ2n) is 5.02. The molecule has 0 aliphatic rings. The van der Waals surface area contributed by atoms with Gasteiger partial charge < -0.3 is 9.84 Å². The molecule has 0 spiro atoms. The fourth-order valence-corrected chi connectivity index (χ4v) is 1.60. The molecule has 0 aliphatic heterocycles. The number of hydrogen-bond donors (Lipinski definition) is 1. The Hall–Kier alpha value is -1.84. The summed E-state index contributed by atoms with van der Waals surface area (Å²) in [6.45, 7) is 6.47. The highest BCUT2D eigenvalue weighted by atomic mass is 16.5. The first-order valence-corrected chi connectivity index (χ1v) is 6.38. The summed E-state index contributed by atoms with van der Waals surface area (Å²) in [5.41, 5.74) is 1.43. The lowest BCUT2D eigenvalue weighted by molar-refractivity contribution is -0.136. The largest absolute Gasteiger partial charge is 0.493 e. The molecule has 0 saturated carbocycles. The number of carboxylic acid groups (broad SMARTS) is 1. The number of aryl methyl sites for hydroxylation is 1. The van der Waals surface area contributed by atoms with Crippen molar-refractivity contribution in [1.29, 1.82) is 0 Å². The van der Waals surface area contributed by atoms with Crippen LogP contribution in [-0.4, -0.2) is 23.5 Å². The summed E-state index contributed by atoms with van der Waals surface area (Å²) in [4.78, 5) is 22.5. The zero-order chi connectivity index (χ0) is 14.4. The van der Waals surface area contributed by atoms with Gasteiger partial charge in [0.2, 0.25) is 0 Å². The van der Waals surface area contributed by atoms with Crippen molar-refractivity contribution in [3.8, 4) is 5.75 Å². The molecule has 0 radical (unpaired) electrons. The van der Waals surface area contributed by atoms with Crippen molar-refractivity contribution in [2.75, 3.05) is 6.61 Å². The minimum absolute atomic E-state index is 0.00315. The lowest BCUT2D eigenvalue weighted by atomic mass is 10.0. The van der Waals surface area contributed by atoms with E-state index in [1.165, 1.54) is 0 Å². The second-order valence-corrected chi connectivity index (χ2v) is 5.02. The molecule has 0 aliphatic carbocycles. The summed E-state index contributed by atoms with van der Waals surface area (Å²) in [7, 11) is 0. The quantitative estimate of drug-likeness (QED) is 0.769. The zero-order valence-corrected chi connectivity index (χ0v) is 11.6. The number of carbonyl (C=O) groups excluding carboxylic acids is 1. The molecule has 104 valence electrons. The molecule has 1 aromatic rings. The van der Waals surface area contributed by atoms with Gasteiger partial charge in [-0.05, 0) is 25.0 Å². The van der Waals surface area contributed by atoms with Gasteiger partial charge >= 0.3 is 5.97 Å². The Morgan fingerprint density at radius 2 is 1.95 bits per heavy atom. The van der Waals surface area contributed by atoms with E-state index < -0.39 is 5.97 Å². The number of hydrogen-bond acceptors (Lipinski definition) is 3. The average Bonchev–Trinajstić information content (AvgIpc) is 2.34. The number of Topliss-reactive ketones (excluding diaryl/α,β-unsaturated/α-hetero) is 1. The molecule has 1 N–H and O–H groups in total. The number of benzene rings is 1. The number of aliphatic carboxylic acids is 1. The van der Waals surface area contributed by atoms with E-state index in [1.807, 2.05) is 26.8 Å². The third-order valence-electron chi connectivity index (χ3n) is 2.57.